The van der Waals surface area contributed by atoms with Crippen molar-refractivity contribution in [3.63, 3.8) is 0 Å². The number of urea groups is 1. The quantitative estimate of drug-likeness (QED) is 0.562. The Morgan fingerprint density at radius 2 is 1.14 bits per heavy atom. The molecule has 2 saturated heterocycles. The number of nitrogens with zero attached hydrogens (tertiary/aromatic N) is 2. The van der Waals surface area contributed by atoms with Crippen molar-refractivity contribution in [1.29, 1.82) is 0 Å². The lowest BCUT2D eigenvalue weighted by Crippen LogP contribution is -2.42. The summed E-state index contributed by atoms with van der Waals surface area (Å²) in [6, 6.07) is 0.337. The van der Waals surface area contributed by atoms with Crippen molar-refractivity contribution in [3.05, 3.63) is 0 Å². The van der Waals surface area contributed by atoms with E-state index in [0.717, 1.165) is 49.9 Å². The van der Waals surface area contributed by atoms with Gasteiger partial charge < -0.3 is 9.80 Å². The molecule has 2 aliphatic heterocycles. The predicted molar refractivity (Wildman–Crippen MR) is 51.7 cm³/mol. The Morgan fingerprint density at radius 3 is 1.50 bits per heavy atom. The summed E-state index contributed by atoms with van der Waals surface area (Å²) >= 11 is 0. The van der Waals surface area contributed by atoms with E-state index in [0.29, 0.717) is 6.03 Å². The molecule has 0 N–H and O–H groups in total. The highest BCUT2D eigenvalue weighted by atomic mass is 16.2. The molecule has 0 aromatic heterocycles. The number of rotatable bonds is 0. The van der Waals surface area contributed by atoms with Gasteiger partial charge in [-0.3, -0.25) is 0 Å². The van der Waals surface area contributed by atoms with Crippen molar-refractivity contribution < 1.29 is 4.79 Å². The minimum atomic E-state index is 0.337. The molecule has 3 heteroatoms. The molecule has 4 atom stereocenters. The van der Waals surface area contributed by atoms with Gasteiger partial charge in [-0.05, 0) is 36.5 Å². The Balaban J connectivity index is 1.43. The standard InChI is InChI=1S/C11H16N2O/c14-11(12-3-7-1-8(7)4-12)13-5-9-2-10(9)6-13/h7-10H,1-6H2. The van der Waals surface area contributed by atoms with Crippen molar-refractivity contribution in [2.45, 2.75) is 12.8 Å². The van der Waals surface area contributed by atoms with Crippen molar-refractivity contribution >= 4 is 6.03 Å². The average Bonchev–Trinajstić information content (AvgIpc) is 3.04. The number of fused-ring (bicyclic) bond motifs is 2. The molecule has 14 heavy (non-hydrogen) atoms. The van der Waals surface area contributed by atoms with Crippen LogP contribution < -0.4 is 0 Å². The van der Waals surface area contributed by atoms with Gasteiger partial charge in [0.1, 0.15) is 0 Å². The van der Waals surface area contributed by atoms with Gasteiger partial charge in [-0.1, -0.05) is 0 Å². The van der Waals surface area contributed by atoms with Crippen molar-refractivity contribution in [1.82, 2.24) is 9.80 Å². The van der Waals surface area contributed by atoms with Crippen LogP contribution in [0.1, 0.15) is 12.8 Å². The van der Waals surface area contributed by atoms with Crippen LogP contribution in [-0.4, -0.2) is 42.0 Å². The fourth-order valence-corrected chi connectivity index (χ4v) is 3.31. The topological polar surface area (TPSA) is 23.6 Å². The second-order valence-corrected chi connectivity index (χ2v) is 5.60. The maximum atomic E-state index is 12.0. The molecular formula is C11H16N2O. The highest BCUT2D eigenvalue weighted by Gasteiger charge is 2.51. The molecule has 0 aromatic rings. The van der Waals surface area contributed by atoms with E-state index < -0.39 is 0 Å². The average molecular weight is 192 g/mol. The molecule has 4 unspecified atom stereocenters. The van der Waals surface area contributed by atoms with E-state index in [2.05, 4.69) is 9.80 Å². The van der Waals surface area contributed by atoms with Gasteiger partial charge in [0.15, 0.2) is 0 Å². The van der Waals surface area contributed by atoms with Crippen LogP contribution in [0.25, 0.3) is 0 Å². The molecule has 0 radical (unpaired) electrons. The van der Waals surface area contributed by atoms with E-state index in [1.165, 1.54) is 12.8 Å². The summed E-state index contributed by atoms with van der Waals surface area (Å²) in [5.74, 6) is 3.49. The predicted octanol–water partition coefficient (Wildman–Crippen LogP) is 1.01. The molecule has 2 aliphatic carbocycles. The number of likely N-dealkylation sites (tertiary alicyclic amines) is 2. The molecule has 2 amide bonds. The lowest BCUT2D eigenvalue weighted by molar-refractivity contribution is 0.163. The minimum Gasteiger partial charge on any atom is -0.324 e. The van der Waals surface area contributed by atoms with E-state index in [4.69, 9.17) is 0 Å². The van der Waals surface area contributed by atoms with Crippen LogP contribution in [0.3, 0.4) is 0 Å². The van der Waals surface area contributed by atoms with Crippen LogP contribution >= 0.6 is 0 Å². The Morgan fingerprint density at radius 1 is 0.786 bits per heavy atom. The zero-order valence-corrected chi connectivity index (χ0v) is 8.35. The molecular weight excluding hydrogens is 176 g/mol. The lowest BCUT2D eigenvalue weighted by atomic mass is 10.4. The molecule has 4 aliphatic rings. The first kappa shape index (κ1) is 7.55. The van der Waals surface area contributed by atoms with Gasteiger partial charge in [-0.2, -0.15) is 0 Å². The third-order valence-electron chi connectivity index (χ3n) is 4.50. The van der Waals surface area contributed by atoms with Crippen LogP contribution in [0.4, 0.5) is 4.79 Å². The van der Waals surface area contributed by atoms with Gasteiger partial charge in [-0.25, -0.2) is 4.79 Å². The fraction of sp³-hybridized carbons (Fsp3) is 0.909. The summed E-state index contributed by atoms with van der Waals surface area (Å²) < 4.78 is 0. The largest absolute Gasteiger partial charge is 0.324 e. The van der Waals surface area contributed by atoms with Crippen molar-refractivity contribution in [2.75, 3.05) is 26.2 Å². The van der Waals surface area contributed by atoms with E-state index in [9.17, 15) is 4.79 Å². The summed E-state index contributed by atoms with van der Waals surface area (Å²) in [6.07, 6.45) is 2.77. The molecule has 4 fully saturated rings. The zero-order chi connectivity index (χ0) is 9.28. The summed E-state index contributed by atoms with van der Waals surface area (Å²) in [7, 11) is 0. The second-order valence-electron chi connectivity index (χ2n) is 5.60. The highest BCUT2D eigenvalue weighted by Crippen LogP contribution is 2.47. The number of hydrogen-bond donors (Lipinski definition) is 0. The Bertz CT molecular complexity index is 256. The number of carbonyl (C=O) groups is 1. The Kier molecular flexibility index (Phi) is 1.22. The molecule has 2 saturated carbocycles. The number of amides is 2. The number of piperidine rings is 2. The Labute approximate surface area is 84.0 Å². The fourth-order valence-electron chi connectivity index (χ4n) is 3.31. The monoisotopic (exact) mass is 192 g/mol. The molecule has 0 bridgehead atoms. The third kappa shape index (κ3) is 0.956. The summed E-state index contributed by atoms with van der Waals surface area (Å²) in [5.41, 5.74) is 0. The smallest absolute Gasteiger partial charge is 0.320 e. The SMILES string of the molecule is O=C(N1CC2CC2C1)N1CC2CC2C1. The normalized spacial score (nSPS) is 47.7. The molecule has 0 spiro atoms. The number of carbonyl (C=O) groups excluding carboxylic acids is 1. The van der Waals surface area contributed by atoms with Crippen molar-refractivity contribution in [3.8, 4) is 0 Å². The van der Waals surface area contributed by atoms with Gasteiger partial charge >= 0.3 is 6.03 Å². The summed E-state index contributed by atoms with van der Waals surface area (Å²) in [6.45, 7) is 4.20. The van der Waals surface area contributed by atoms with Gasteiger partial charge in [0, 0.05) is 26.2 Å². The van der Waals surface area contributed by atoms with Crippen molar-refractivity contribution in [2.24, 2.45) is 23.7 Å². The first-order valence-electron chi connectivity index (χ1n) is 5.85. The van der Waals surface area contributed by atoms with Crippen LogP contribution in [0.5, 0.6) is 0 Å². The first-order chi connectivity index (χ1) is 6.81. The molecule has 76 valence electrons. The van der Waals surface area contributed by atoms with Gasteiger partial charge in [0.25, 0.3) is 0 Å². The van der Waals surface area contributed by atoms with E-state index in [1.807, 2.05) is 0 Å². The summed E-state index contributed by atoms with van der Waals surface area (Å²) in [5, 5.41) is 0. The van der Waals surface area contributed by atoms with E-state index in [1.54, 1.807) is 0 Å². The van der Waals surface area contributed by atoms with E-state index in [-0.39, 0.29) is 0 Å². The van der Waals surface area contributed by atoms with Crippen LogP contribution in [0.2, 0.25) is 0 Å². The molecule has 4 rings (SSSR count). The molecule has 0 aromatic carbocycles. The van der Waals surface area contributed by atoms with Crippen LogP contribution in [0, 0.1) is 23.7 Å². The van der Waals surface area contributed by atoms with Crippen LogP contribution in [-0.2, 0) is 0 Å². The Hall–Kier alpha value is -0.730. The second kappa shape index (κ2) is 2.26. The highest BCUT2D eigenvalue weighted by molar-refractivity contribution is 5.75. The maximum Gasteiger partial charge on any atom is 0.320 e. The van der Waals surface area contributed by atoms with Gasteiger partial charge in [-0.15, -0.1) is 0 Å². The van der Waals surface area contributed by atoms with Crippen LogP contribution in [0.15, 0.2) is 0 Å². The first-order valence-corrected chi connectivity index (χ1v) is 5.85. The van der Waals surface area contributed by atoms with E-state index >= 15 is 0 Å². The molecule has 2 heterocycles. The van der Waals surface area contributed by atoms with Gasteiger partial charge in [0.05, 0.1) is 0 Å². The molecule has 3 nitrogen and oxygen atoms in total. The summed E-state index contributed by atoms with van der Waals surface area (Å²) in [4.78, 5) is 16.2. The maximum absolute atomic E-state index is 12.0. The zero-order valence-electron chi connectivity index (χ0n) is 8.35. The lowest BCUT2D eigenvalue weighted by Gasteiger charge is -2.26. The third-order valence-corrected chi connectivity index (χ3v) is 4.50. The minimum absolute atomic E-state index is 0.337. The van der Waals surface area contributed by atoms with Gasteiger partial charge in [0.2, 0.25) is 0 Å². The number of hydrogen-bond acceptors (Lipinski definition) is 1.